The van der Waals surface area contributed by atoms with Crippen LogP contribution in [0, 0.1) is 5.41 Å². The zero-order valence-electron chi connectivity index (χ0n) is 2.77. The molecule has 5 heavy (non-hydrogen) atoms. The van der Waals surface area contributed by atoms with Crippen molar-refractivity contribution in [2.24, 2.45) is 0 Å². The van der Waals surface area contributed by atoms with Gasteiger partial charge in [-0.1, -0.05) is 12.7 Å². The third kappa shape index (κ3) is 21.8. The van der Waals surface area contributed by atoms with Crippen LogP contribution in [0.1, 0.15) is 0 Å². The van der Waals surface area contributed by atoms with Crippen molar-refractivity contribution < 1.29 is 0 Å². The van der Waals surface area contributed by atoms with Gasteiger partial charge >= 0.3 is 0 Å². The molecule has 0 saturated carbocycles. The van der Waals surface area contributed by atoms with Crippen LogP contribution in [-0.4, -0.2) is 6.21 Å². The van der Waals surface area contributed by atoms with Crippen molar-refractivity contribution in [1.29, 1.82) is 5.41 Å². The highest BCUT2D eigenvalue weighted by Gasteiger charge is 1.31. The third-order valence-corrected chi connectivity index (χ3v) is 0.118. The molecule has 2 heteroatoms. The van der Waals surface area contributed by atoms with Crippen molar-refractivity contribution in [3.63, 3.8) is 0 Å². The molecule has 0 aromatic rings. The Morgan fingerprint density at radius 2 is 1.80 bits per heavy atom. The largest absolute Gasteiger partial charge is 0.309 e. The predicted octanol–water partition coefficient (Wildman–Crippen LogP) is 1.24. The molecule has 0 saturated heterocycles. The van der Waals surface area contributed by atoms with Crippen LogP contribution < -0.4 is 0 Å². The lowest BCUT2D eigenvalue weighted by molar-refractivity contribution is 1.58. The fourth-order valence-corrected chi connectivity index (χ4v) is 0. The molecule has 0 aromatic carbocycles. The number of halogens is 1. The topological polar surface area (TPSA) is 23.9 Å². The summed E-state index contributed by atoms with van der Waals surface area (Å²) in [5.41, 5.74) is 0. The average Bonchev–Trinajstić information content (AvgIpc) is 1.37. The summed E-state index contributed by atoms with van der Waals surface area (Å²) < 4.78 is 0. The SMILES string of the molecule is C=CC=N.Cl. The van der Waals surface area contributed by atoms with E-state index in [2.05, 4.69) is 6.58 Å². The van der Waals surface area contributed by atoms with Crippen LogP contribution in [0.15, 0.2) is 12.7 Å². The first-order valence-corrected chi connectivity index (χ1v) is 1.03. The van der Waals surface area contributed by atoms with Crippen molar-refractivity contribution in [3.8, 4) is 0 Å². The van der Waals surface area contributed by atoms with Crippen LogP contribution in [0.2, 0.25) is 0 Å². The highest BCUT2D eigenvalue weighted by atomic mass is 35.5. The Morgan fingerprint density at radius 3 is 1.80 bits per heavy atom. The van der Waals surface area contributed by atoms with Gasteiger partial charge in [0, 0.05) is 6.21 Å². The van der Waals surface area contributed by atoms with E-state index in [0.29, 0.717) is 0 Å². The summed E-state index contributed by atoms with van der Waals surface area (Å²) in [6.45, 7) is 3.24. The highest BCUT2D eigenvalue weighted by Crippen LogP contribution is 1.37. The van der Waals surface area contributed by atoms with E-state index < -0.39 is 0 Å². The number of rotatable bonds is 1. The molecule has 0 heterocycles. The smallest absolute Gasteiger partial charge is 0.0171 e. The molecular weight excluding hydrogens is 85.5 g/mol. The molecule has 0 aliphatic rings. The van der Waals surface area contributed by atoms with Crippen molar-refractivity contribution in [2.45, 2.75) is 0 Å². The lowest BCUT2D eigenvalue weighted by Gasteiger charge is -1.43. The summed E-state index contributed by atoms with van der Waals surface area (Å²) in [6.07, 6.45) is 2.56. The maximum atomic E-state index is 6.21. The van der Waals surface area contributed by atoms with Crippen molar-refractivity contribution in [3.05, 3.63) is 12.7 Å². The molecule has 0 radical (unpaired) electrons. The standard InChI is InChI=1S/C3H5N.ClH/c1-2-3-4;/h2-4H,1H2;1H. The van der Waals surface area contributed by atoms with Gasteiger partial charge in [0.05, 0.1) is 0 Å². The van der Waals surface area contributed by atoms with Gasteiger partial charge in [-0.05, 0) is 0 Å². The first kappa shape index (κ1) is 8.83. The molecule has 0 aromatic heterocycles. The van der Waals surface area contributed by atoms with E-state index in [1.165, 1.54) is 6.08 Å². The maximum absolute atomic E-state index is 6.21. The minimum absolute atomic E-state index is 0. The molecule has 0 fully saturated rings. The summed E-state index contributed by atoms with van der Waals surface area (Å²) in [4.78, 5) is 0. The Labute approximate surface area is 37.6 Å². The third-order valence-electron chi connectivity index (χ3n) is 0.118. The second-order valence-corrected chi connectivity index (χ2v) is 0.402. The Bertz CT molecular complexity index is 27.9. The number of nitrogens with one attached hydrogen (secondary N) is 1. The normalized spacial score (nSPS) is 4.00. The molecule has 0 amide bonds. The van der Waals surface area contributed by atoms with Crippen LogP contribution in [0.25, 0.3) is 0 Å². The molecule has 0 unspecified atom stereocenters. The average molecular weight is 91.5 g/mol. The van der Waals surface area contributed by atoms with Crippen molar-refractivity contribution in [1.82, 2.24) is 0 Å². The van der Waals surface area contributed by atoms with E-state index in [1.807, 2.05) is 0 Å². The van der Waals surface area contributed by atoms with Gasteiger partial charge in [-0.2, -0.15) is 0 Å². The molecule has 0 spiro atoms. The molecule has 0 aliphatic carbocycles. The number of hydrogen-bond donors (Lipinski definition) is 1. The fourth-order valence-electron chi connectivity index (χ4n) is 0. The lowest BCUT2D eigenvalue weighted by Crippen LogP contribution is -1.41. The van der Waals surface area contributed by atoms with Crippen LogP contribution in [-0.2, 0) is 0 Å². The highest BCUT2D eigenvalue weighted by molar-refractivity contribution is 5.85. The molecule has 0 aliphatic heterocycles. The van der Waals surface area contributed by atoms with E-state index in [4.69, 9.17) is 5.41 Å². The van der Waals surface area contributed by atoms with Gasteiger partial charge in [-0.15, -0.1) is 12.4 Å². The maximum Gasteiger partial charge on any atom is 0.0171 e. The molecule has 0 rings (SSSR count). The Morgan fingerprint density at radius 1 is 1.60 bits per heavy atom. The van der Waals surface area contributed by atoms with E-state index in [0.717, 1.165) is 6.21 Å². The lowest BCUT2D eigenvalue weighted by atomic mass is 10.7. The second-order valence-electron chi connectivity index (χ2n) is 0.402. The summed E-state index contributed by atoms with van der Waals surface area (Å²) >= 11 is 0. The minimum Gasteiger partial charge on any atom is -0.309 e. The Hall–Kier alpha value is -0.300. The zero-order chi connectivity index (χ0) is 3.41. The Kier molecular flexibility index (Phi) is 16.5. The summed E-state index contributed by atoms with van der Waals surface area (Å²) in [7, 11) is 0. The van der Waals surface area contributed by atoms with Crippen molar-refractivity contribution in [2.75, 3.05) is 0 Å². The van der Waals surface area contributed by atoms with E-state index >= 15 is 0 Å². The molecule has 1 N–H and O–H groups in total. The quantitative estimate of drug-likeness (QED) is 0.470. The van der Waals surface area contributed by atoms with Gasteiger partial charge < -0.3 is 5.41 Å². The van der Waals surface area contributed by atoms with E-state index in [1.54, 1.807) is 0 Å². The molecule has 0 atom stereocenters. The first-order chi connectivity index (χ1) is 1.91. The minimum atomic E-state index is 0. The first-order valence-electron chi connectivity index (χ1n) is 1.03. The van der Waals surface area contributed by atoms with Crippen LogP contribution in [0.3, 0.4) is 0 Å². The number of allylic oxidation sites excluding steroid dienone is 1. The monoisotopic (exact) mass is 91.0 g/mol. The van der Waals surface area contributed by atoms with Gasteiger partial charge in [0.1, 0.15) is 0 Å². The van der Waals surface area contributed by atoms with Crippen LogP contribution >= 0.6 is 12.4 Å². The van der Waals surface area contributed by atoms with Gasteiger partial charge in [-0.25, -0.2) is 0 Å². The van der Waals surface area contributed by atoms with E-state index in [-0.39, 0.29) is 12.4 Å². The van der Waals surface area contributed by atoms with Gasteiger partial charge in [0.2, 0.25) is 0 Å². The zero-order valence-corrected chi connectivity index (χ0v) is 3.59. The van der Waals surface area contributed by atoms with Crippen LogP contribution in [0.4, 0.5) is 0 Å². The summed E-state index contributed by atoms with van der Waals surface area (Å²) in [5.74, 6) is 0. The Balaban J connectivity index is 0. The van der Waals surface area contributed by atoms with Crippen molar-refractivity contribution >= 4 is 18.6 Å². The summed E-state index contributed by atoms with van der Waals surface area (Å²) in [6, 6.07) is 0. The molecular formula is C3H6ClN. The molecule has 30 valence electrons. The molecule has 0 bridgehead atoms. The van der Waals surface area contributed by atoms with Crippen LogP contribution in [0.5, 0.6) is 0 Å². The number of hydrogen-bond acceptors (Lipinski definition) is 1. The van der Waals surface area contributed by atoms with E-state index in [9.17, 15) is 0 Å². The fraction of sp³-hybridized carbons (Fsp3) is 0. The van der Waals surface area contributed by atoms with Gasteiger partial charge in [0.25, 0.3) is 0 Å². The molecule has 1 nitrogen and oxygen atoms in total. The second kappa shape index (κ2) is 9.33. The summed E-state index contributed by atoms with van der Waals surface area (Å²) in [5, 5.41) is 6.21. The van der Waals surface area contributed by atoms with Gasteiger partial charge in [-0.3, -0.25) is 0 Å². The predicted molar refractivity (Wildman–Crippen MR) is 26.2 cm³/mol. The van der Waals surface area contributed by atoms with Gasteiger partial charge in [0.15, 0.2) is 0 Å².